The normalized spacial score (nSPS) is 13.8. The van der Waals surface area contributed by atoms with Gasteiger partial charge in [-0.2, -0.15) is 0 Å². The van der Waals surface area contributed by atoms with Crippen molar-refractivity contribution in [3.63, 3.8) is 0 Å². The third-order valence-corrected chi connectivity index (χ3v) is 4.63. The smallest absolute Gasteiger partial charge is 0.0599 e. The molecule has 0 unspecified atom stereocenters. The molecule has 3 heteroatoms. The molecule has 0 heterocycles. The number of nitrogens with zero attached hydrogens (tertiary/aromatic N) is 1. The second-order valence-electron chi connectivity index (χ2n) is 6.42. The summed E-state index contributed by atoms with van der Waals surface area (Å²) in [5, 5.41) is 0. The molecule has 0 spiro atoms. The monoisotopic (exact) mass is 217 g/mol. The molecule has 0 aromatic heterocycles. The van der Waals surface area contributed by atoms with Crippen LogP contribution in [-0.2, 0) is 0 Å². The van der Waals surface area contributed by atoms with Gasteiger partial charge in [0, 0.05) is 0 Å². The van der Waals surface area contributed by atoms with Gasteiger partial charge in [0.25, 0.3) is 0 Å². The largest absolute Gasteiger partial charge is 0.309 e. The van der Waals surface area contributed by atoms with Gasteiger partial charge in [0.05, 0.1) is 16.1 Å². The van der Waals surface area contributed by atoms with E-state index in [1.165, 1.54) is 18.9 Å². The van der Waals surface area contributed by atoms with Crippen LogP contribution in [0.15, 0.2) is 0 Å². The highest BCUT2D eigenvalue weighted by atomic mass is 28.3. The third kappa shape index (κ3) is 8.72. The minimum atomic E-state index is -0.893. The second-order valence-corrected chi connectivity index (χ2v) is 17.3. The molecule has 0 aliphatic carbocycles. The Labute approximate surface area is 86.5 Å². The molecule has 0 saturated carbocycles. The molecule has 0 bridgehead atoms. The van der Waals surface area contributed by atoms with E-state index in [-0.39, 0.29) is 0 Å². The molecule has 0 radical (unpaired) electrons. The van der Waals surface area contributed by atoms with Crippen LogP contribution < -0.4 is 0 Å². The van der Waals surface area contributed by atoms with Gasteiger partial charge in [-0.05, 0) is 18.9 Å². The van der Waals surface area contributed by atoms with E-state index in [1.54, 1.807) is 0 Å². The van der Waals surface area contributed by atoms with Gasteiger partial charge < -0.3 is 4.90 Å². The number of hydrogen-bond acceptors (Lipinski definition) is 1. The van der Waals surface area contributed by atoms with Crippen LogP contribution in [0.3, 0.4) is 0 Å². The zero-order valence-electron chi connectivity index (χ0n) is 10.6. The van der Waals surface area contributed by atoms with Crippen LogP contribution in [0, 0.1) is 0 Å². The maximum atomic E-state index is 2.67. The highest BCUT2D eigenvalue weighted by molar-refractivity contribution is 6.77. The van der Waals surface area contributed by atoms with Crippen LogP contribution in [0.25, 0.3) is 0 Å². The van der Waals surface area contributed by atoms with Crippen molar-refractivity contribution in [2.45, 2.75) is 46.2 Å². The molecule has 13 heavy (non-hydrogen) atoms. The first-order valence-corrected chi connectivity index (χ1v) is 12.8. The minimum absolute atomic E-state index is 0.893. The maximum absolute atomic E-state index is 2.67. The summed E-state index contributed by atoms with van der Waals surface area (Å²) in [5.74, 6) is 0. The van der Waals surface area contributed by atoms with Crippen molar-refractivity contribution >= 4 is 16.1 Å². The van der Waals surface area contributed by atoms with E-state index < -0.39 is 16.1 Å². The van der Waals surface area contributed by atoms with Gasteiger partial charge in [-0.15, -0.1) is 0 Å². The third-order valence-electron chi connectivity index (χ3n) is 1.84. The molecule has 0 aromatic carbocycles. The van der Waals surface area contributed by atoms with Crippen molar-refractivity contribution in [2.75, 3.05) is 18.9 Å². The Morgan fingerprint density at radius 3 is 1.23 bits per heavy atom. The summed E-state index contributed by atoms with van der Waals surface area (Å²) in [6.07, 6.45) is 2.74. The Kier molecular flexibility index (Phi) is 4.90. The van der Waals surface area contributed by atoms with Gasteiger partial charge in [0.2, 0.25) is 0 Å². The molecule has 0 amide bonds. The standard InChI is InChI=1S/C10H27NSi2/c1-8-11(9-12(2,3)4)10-13(5,6)7/h8-10H2,1-7H3. The molecular formula is C10H27NSi2. The van der Waals surface area contributed by atoms with Crippen LogP contribution in [0.5, 0.6) is 0 Å². The molecule has 0 aromatic rings. The fraction of sp³-hybridized carbons (Fsp3) is 1.00. The van der Waals surface area contributed by atoms with Crippen LogP contribution in [0.1, 0.15) is 6.92 Å². The summed E-state index contributed by atoms with van der Waals surface area (Å²) in [4.78, 5) is 2.67. The summed E-state index contributed by atoms with van der Waals surface area (Å²) >= 11 is 0. The minimum Gasteiger partial charge on any atom is -0.309 e. The molecule has 0 aliphatic rings. The van der Waals surface area contributed by atoms with Crippen molar-refractivity contribution in [2.24, 2.45) is 0 Å². The van der Waals surface area contributed by atoms with Crippen LogP contribution >= 0.6 is 0 Å². The molecule has 0 atom stereocenters. The van der Waals surface area contributed by atoms with Gasteiger partial charge in [-0.25, -0.2) is 0 Å². The quantitative estimate of drug-likeness (QED) is 0.640. The van der Waals surface area contributed by atoms with Crippen molar-refractivity contribution < 1.29 is 0 Å². The maximum Gasteiger partial charge on any atom is 0.0599 e. The molecule has 0 rings (SSSR count). The summed E-state index contributed by atoms with van der Waals surface area (Å²) < 4.78 is 0. The lowest BCUT2D eigenvalue weighted by Crippen LogP contribution is -2.47. The van der Waals surface area contributed by atoms with Gasteiger partial charge in [0.1, 0.15) is 0 Å². The van der Waals surface area contributed by atoms with E-state index in [4.69, 9.17) is 0 Å². The van der Waals surface area contributed by atoms with E-state index >= 15 is 0 Å². The Morgan fingerprint density at radius 1 is 0.769 bits per heavy atom. The van der Waals surface area contributed by atoms with Crippen LogP contribution in [0.2, 0.25) is 39.3 Å². The first-order chi connectivity index (χ1) is 5.64. The van der Waals surface area contributed by atoms with E-state index in [2.05, 4.69) is 51.1 Å². The molecule has 80 valence electrons. The fourth-order valence-electron chi connectivity index (χ4n) is 1.62. The molecule has 0 saturated heterocycles. The zero-order chi connectivity index (χ0) is 10.7. The van der Waals surface area contributed by atoms with Gasteiger partial charge in [0.15, 0.2) is 0 Å². The lowest BCUT2D eigenvalue weighted by molar-refractivity contribution is 0.377. The van der Waals surface area contributed by atoms with Gasteiger partial charge >= 0.3 is 0 Å². The summed E-state index contributed by atoms with van der Waals surface area (Å²) in [5.41, 5.74) is 0. The molecule has 0 aliphatic heterocycles. The van der Waals surface area contributed by atoms with Crippen LogP contribution in [0.4, 0.5) is 0 Å². The molecule has 0 fully saturated rings. The lowest BCUT2D eigenvalue weighted by Gasteiger charge is -2.32. The van der Waals surface area contributed by atoms with Crippen LogP contribution in [-0.4, -0.2) is 39.9 Å². The number of hydrogen-bond donors (Lipinski definition) is 0. The Morgan fingerprint density at radius 2 is 1.08 bits per heavy atom. The Hall–Kier alpha value is 0.394. The zero-order valence-corrected chi connectivity index (χ0v) is 12.6. The predicted octanol–water partition coefficient (Wildman–Crippen LogP) is 3.06. The second kappa shape index (κ2) is 4.76. The van der Waals surface area contributed by atoms with E-state index in [9.17, 15) is 0 Å². The Balaban J connectivity index is 4.05. The molecule has 1 nitrogen and oxygen atoms in total. The topological polar surface area (TPSA) is 3.24 Å². The lowest BCUT2D eigenvalue weighted by atomic mass is 10.7. The molecule has 0 N–H and O–H groups in total. The van der Waals surface area contributed by atoms with E-state index in [0.717, 1.165) is 0 Å². The average molecular weight is 218 g/mol. The summed E-state index contributed by atoms with van der Waals surface area (Å²) in [6, 6.07) is 0. The highest BCUT2D eigenvalue weighted by Gasteiger charge is 2.22. The predicted molar refractivity (Wildman–Crippen MR) is 68.8 cm³/mol. The van der Waals surface area contributed by atoms with E-state index in [1.807, 2.05) is 0 Å². The summed E-state index contributed by atoms with van der Waals surface area (Å²) in [7, 11) is -1.79. The molecular weight excluding hydrogens is 190 g/mol. The fourth-order valence-corrected chi connectivity index (χ4v) is 5.20. The van der Waals surface area contributed by atoms with Crippen molar-refractivity contribution in [3.05, 3.63) is 0 Å². The van der Waals surface area contributed by atoms with Crippen molar-refractivity contribution in [3.8, 4) is 0 Å². The number of rotatable bonds is 5. The van der Waals surface area contributed by atoms with Crippen molar-refractivity contribution in [1.29, 1.82) is 0 Å². The summed E-state index contributed by atoms with van der Waals surface area (Å²) in [6.45, 7) is 18.3. The first-order valence-electron chi connectivity index (χ1n) is 5.36. The van der Waals surface area contributed by atoms with E-state index in [0.29, 0.717) is 0 Å². The van der Waals surface area contributed by atoms with Gasteiger partial charge in [-0.1, -0.05) is 46.2 Å². The Bertz CT molecular complexity index is 128. The van der Waals surface area contributed by atoms with Crippen molar-refractivity contribution in [1.82, 2.24) is 4.90 Å². The average Bonchev–Trinajstić information content (AvgIpc) is 1.79. The van der Waals surface area contributed by atoms with Gasteiger partial charge in [-0.3, -0.25) is 0 Å². The first kappa shape index (κ1) is 13.4. The SMILES string of the molecule is CCN(C[Si](C)(C)C)C[Si](C)(C)C. The highest BCUT2D eigenvalue weighted by Crippen LogP contribution is 2.08.